The molecule has 0 unspecified atom stereocenters. The third kappa shape index (κ3) is 4.18. The second-order valence-electron chi connectivity index (χ2n) is 4.29. The minimum atomic E-state index is -0.572. The van der Waals surface area contributed by atoms with Crippen LogP contribution in [0.2, 0.25) is 0 Å². The smallest absolute Gasteiger partial charge is 0.326 e. The van der Waals surface area contributed by atoms with Crippen molar-refractivity contribution >= 4 is 5.97 Å². The Hall–Kier alpha value is -1.30. The minimum Gasteiger partial charge on any atom is -0.465 e. The number of piperidine rings is 1. The van der Waals surface area contributed by atoms with Gasteiger partial charge in [0.05, 0.1) is 6.61 Å². The van der Waals surface area contributed by atoms with Crippen molar-refractivity contribution in [3.63, 3.8) is 0 Å². The van der Waals surface area contributed by atoms with E-state index in [0.29, 0.717) is 19.7 Å². The Bertz CT molecular complexity index is 309. The monoisotopic (exact) mass is 255 g/mol. The predicted octanol–water partition coefficient (Wildman–Crippen LogP) is 0.962. The zero-order chi connectivity index (χ0) is 13.3. The number of nitrogens with one attached hydrogen (secondary N) is 2. The fourth-order valence-electron chi connectivity index (χ4n) is 2.10. The van der Waals surface area contributed by atoms with E-state index >= 15 is 0 Å². The van der Waals surface area contributed by atoms with Crippen LogP contribution in [-0.4, -0.2) is 44.3 Å². The molecule has 0 aromatic heterocycles. The lowest BCUT2D eigenvalue weighted by atomic mass is 9.88. The van der Waals surface area contributed by atoms with Crippen LogP contribution in [0.5, 0.6) is 0 Å². The maximum atomic E-state index is 12.0. The van der Waals surface area contributed by atoms with Crippen molar-refractivity contribution in [3.8, 4) is 0 Å². The van der Waals surface area contributed by atoms with E-state index in [-0.39, 0.29) is 5.97 Å². The maximum Gasteiger partial charge on any atom is 0.326 e. The molecule has 0 atom stereocenters. The summed E-state index contributed by atoms with van der Waals surface area (Å²) in [5.74, 6) is -0.171. The molecule has 1 fully saturated rings. The van der Waals surface area contributed by atoms with Crippen LogP contribution in [0, 0.1) is 0 Å². The first-order valence-corrected chi connectivity index (χ1v) is 6.39. The van der Waals surface area contributed by atoms with Crippen LogP contribution in [0.4, 0.5) is 0 Å². The van der Waals surface area contributed by atoms with Gasteiger partial charge in [-0.3, -0.25) is 4.79 Å². The third-order valence-corrected chi connectivity index (χ3v) is 3.08. The molecule has 7 nitrogen and oxygen atoms in total. The number of carbonyl (C=O) groups is 1. The van der Waals surface area contributed by atoms with E-state index in [9.17, 15) is 4.79 Å². The fourth-order valence-corrected chi connectivity index (χ4v) is 2.10. The Morgan fingerprint density at radius 1 is 1.56 bits per heavy atom. The second-order valence-corrected chi connectivity index (χ2v) is 4.29. The summed E-state index contributed by atoms with van der Waals surface area (Å²) in [5, 5.41) is 9.98. The zero-order valence-electron chi connectivity index (χ0n) is 10.8. The Kier molecular flexibility index (Phi) is 6.49. The van der Waals surface area contributed by atoms with Gasteiger partial charge in [-0.2, -0.15) is 0 Å². The van der Waals surface area contributed by atoms with Crippen LogP contribution >= 0.6 is 0 Å². The zero-order valence-corrected chi connectivity index (χ0v) is 10.8. The highest BCUT2D eigenvalue weighted by atomic mass is 16.5. The predicted molar refractivity (Wildman–Crippen MR) is 68.1 cm³/mol. The highest BCUT2D eigenvalue weighted by Crippen LogP contribution is 2.20. The van der Waals surface area contributed by atoms with Gasteiger partial charge in [0.2, 0.25) is 0 Å². The van der Waals surface area contributed by atoms with Crippen molar-refractivity contribution in [2.75, 3.05) is 32.8 Å². The molecule has 18 heavy (non-hydrogen) atoms. The molecule has 0 bridgehead atoms. The number of nitrogens with zero attached hydrogens (tertiary/aromatic N) is 3. The first kappa shape index (κ1) is 14.8. The standard InChI is InChI=1S/C11H21N5O2/c1-2-18-10(17)11(4-8-13-9-5-11)14-6-3-7-15-16-12/h13-14H,2-9H2,1H3. The van der Waals surface area contributed by atoms with Gasteiger partial charge in [0.25, 0.3) is 0 Å². The molecule has 7 heteroatoms. The lowest BCUT2D eigenvalue weighted by Gasteiger charge is -2.36. The van der Waals surface area contributed by atoms with E-state index in [2.05, 4.69) is 20.7 Å². The lowest BCUT2D eigenvalue weighted by Crippen LogP contribution is -2.58. The van der Waals surface area contributed by atoms with Gasteiger partial charge >= 0.3 is 5.97 Å². The van der Waals surface area contributed by atoms with Crippen LogP contribution in [-0.2, 0) is 9.53 Å². The molecular formula is C11H21N5O2. The van der Waals surface area contributed by atoms with Crippen molar-refractivity contribution in [1.29, 1.82) is 0 Å². The molecule has 1 heterocycles. The number of carbonyl (C=O) groups excluding carboxylic acids is 1. The molecule has 0 aliphatic carbocycles. The van der Waals surface area contributed by atoms with Gasteiger partial charge in [-0.1, -0.05) is 5.11 Å². The summed E-state index contributed by atoms with van der Waals surface area (Å²) >= 11 is 0. The van der Waals surface area contributed by atoms with Crippen molar-refractivity contribution < 1.29 is 9.53 Å². The van der Waals surface area contributed by atoms with Gasteiger partial charge in [0.15, 0.2) is 0 Å². The molecule has 0 aromatic carbocycles. The van der Waals surface area contributed by atoms with Crippen molar-refractivity contribution in [3.05, 3.63) is 10.4 Å². The van der Waals surface area contributed by atoms with Gasteiger partial charge in [0.1, 0.15) is 5.54 Å². The third-order valence-electron chi connectivity index (χ3n) is 3.08. The average molecular weight is 255 g/mol. The first-order chi connectivity index (χ1) is 8.75. The normalized spacial score (nSPS) is 17.8. The van der Waals surface area contributed by atoms with Crippen LogP contribution in [0.15, 0.2) is 5.11 Å². The summed E-state index contributed by atoms with van der Waals surface area (Å²) in [4.78, 5) is 14.7. The highest BCUT2D eigenvalue weighted by molar-refractivity contribution is 5.81. The molecular weight excluding hydrogens is 234 g/mol. The summed E-state index contributed by atoms with van der Waals surface area (Å²) in [5.41, 5.74) is 7.61. The van der Waals surface area contributed by atoms with Crippen LogP contribution in [0.1, 0.15) is 26.2 Å². The van der Waals surface area contributed by atoms with Crippen LogP contribution in [0.3, 0.4) is 0 Å². The molecule has 1 aliphatic rings. The number of esters is 1. The Labute approximate surface area is 107 Å². The summed E-state index contributed by atoms with van der Waals surface area (Å²) in [7, 11) is 0. The summed E-state index contributed by atoms with van der Waals surface area (Å²) in [6.45, 7) is 4.92. The number of ether oxygens (including phenoxy) is 1. The first-order valence-electron chi connectivity index (χ1n) is 6.39. The number of rotatable bonds is 7. The van der Waals surface area contributed by atoms with Crippen molar-refractivity contribution in [2.45, 2.75) is 31.7 Å². The molecule has 0 aromatic rings. The van der Waals surface area contributed by atoms with Crippen molar-refractivity contribution in [1.82, 2.24) is 10.6 Å². The van der Waals surface area contributed by atoms with Gasteiger partial charge in [-0.05, 0) is 51.4 Å². The van der Waals surface area contributed by atoms with Crippen LogP contribution < -0.4 is 10.6 Å². The summed E-state index contributed by atoms with van der Waals surface area (Å²) < 4.78 is 5.15. The molecule has 2 N–H and O–H groups in total. The van der Waals surface area contributed by atoms with E-state index in [0.717, 1.165) is 32.4 Å². The van der Waals surface area contributed by atoms with E-state index in [1.54, 1.807) is 0 Å². The molecule has 0 radical (unpaired) electrons. The Morgan fingerprint density at radius 2 is 2.28 bits per heavy atom. The van der Waals surface area contributed by atoms with Crippen LogP contribution in [0.25, 0.3) is 10.4 Å². The summed E-state index contributed by atoms with van der Waals surface area (Å²) in [6, 6.07) is 0. The average Bonchev–Trinajstić information content (AvgIpc) is 2.40. The maximum absolute atomic E-state index is 12.0. The Morgan fingerprint density at radius 3 is 2.89 bits per heavy atom. The molecule has 1 aliphatic heterocycles. The molecule has 0 spiro atoms. The van der Waals surface area contributed by atoms with E-state index < -0.39 is 5.54 Å². The molecule has 0 amide bonds. The lowest BCUT2D eigenvalue weighted by molar-refractivity contribution is -0.152. The molecule has 0 saturated carbocycles. The SMILES string of the molecule is CCOC(=O)C1(NCCCN=[N+]=[N-])CCNCC1. The highest BCUT2D eigenvalue weighted by Gasteiger charge is 2.40. The number of azide groups is 1. The van der Waals surface area contributed by atoms with Crippen molar-refractivity contribution in [2.24, 2.45) is 5.11 Å². The molecule has 1 rings (SSSR count). The summed E-state index contributed by atoms with van der Waals surface area (Å²) in [6.07, 6.45) is 2.18. The second kappa shape index (κ2) is 7.92. The topological polar surface area (TPSA) is 99.1 Å². The quantitative estimate of drug-likeness (QED) is 0.233. The molecule has 1 saturated heterocycles. The number of hydrogen-bond acceptors (Lipinski definition) is 5. The number of hydrogen-bond donors (Lipinski definition) is 2. The Balaban J connectivity index is 2.49. The van der Waals surface area contributed by atoms with E-state index in [4.69, 9.17) is 10.3 Å². The molecule has 102 valence electrons. The van der Waals surface area contributed by atoms with Gasteiger partial charge in [-0.15, -0.1) is 0 Å². The van der Waals surface area contributed by atoms with Gasteiger partial charge < -0.3 is 15.4 Å². The van der Waals surface area contributed by atoms with E-state index in [1.165, 1.54) is 0 Å². The van der Waals surface area contributed by atoms with Gasteiger partial charge in [-0.25, -0.2) is 0 Å². The fraction of sp³-hybridized carbons (Fsp3) is 0.909. The van der Waals surface area contributed by atoms with Gasteiger partial charge in [0, 0.05) is 11.5 Å². The largest absolute Gasteiger partial charge is 0.465 e. The van der Waals surface area contributed by atoms with E-state index in [1.807, 2.05) is 6.92 Å². The minimum absolute atomic E-state index is 0.171.